The van der Waals surface area contributed by atoms with E-state index in [1.54, 1.807) is 49.5 Å². The highest BCUT2D eigenvalue weighted by molar-refractivity contribution is 5.82. The second-order valence-electron chi connectivity index (χ2n) is 7.04. The van der Waals surface area contributed by atoms with E-state index in [2.05, 4.69) is 14.8 Å². The van der Waals surface area contributed by atoms with E-state index in [-0.39, 0.29) is 5.56 Å². The van der Waals surface area contributed by atoms with Gasteiger partial charge in [-0.1, -0.05) is 54.6 Å². The van der Waals surface area contributed by atoms with Gasteiger partial charge in [-0.05, 0) is 36.8 Å². The molecule has 0 bridgehead atoms. The zero-order chi connectivity index (χ0) is 22.5. The Kier molecular flexibility index (Phi) is 6.07. The summed E-state index contributed by atoms with van der Waals surface area (Å²) in [6.07, 6.45) is 0.809. The molecule has 1 heterocycles. The van der Waals surface area contributed by atoms with Crippen LogP contribution in [0.1, 0.15) is 12.5 Å². The normalized spacial score (nSPS) is 12.1. The van der Waals surface area contributed by atoms with E-state index in [1.807, 2.05) is 42.5 Å². The molecule has 0 fully saturated rings. The van der Waals surface area contributed by atoms with Crippen LogP contribution in [0.4, 0.5) is 0 Å². The number of benzene rings is 3. The maximum Gasteiger partial charge on any atom is 0.346 e. The average Bonchev–Trinajstić information content (AvgIpc) is 2.83. The summed E-state index contributed by atoms with van der Waals surface area (Å²) in [4.78, 5) is 29.5. The first kappa shape index (κ1) is 21.0. The van der Waals surface area contributed by atoms with Crippen molar-refractivity contribution in [1.29, 1.82) is 0 Å². The molecule has 0 amide bonds. The number of carbonyl (C=O) groups is 1. The highest BCUT2D eigenvalue weighted by Crippen LogP contribution is 2.19. The largest absolute Gasteiger partial charge is 0.479 e. The minimum Gasteiger partial charge on any atom is -0.479 e. The highest BCUT2D eigenvalue weighted by Gasteiger charge is 2.15. The Labute approximate surface area is 184 Å². The number of hydrogen-bond donors (Lipinski definition) is 0. The lowest BCUT2D eigenvalue weighted by atomic mass is 10.2. The minimum absolute atomic E-state index is 0.266. The van der Waals surface area contributed by atoms with Gasteiger partial charge in [0.2, 0.25) is 0 Å². The van der Waals surface area contributed by atoms with E-state index in [0.717, 1.165) is 5.56 Å². The summed E-state index contributed by atoms with van der Waals surface area (Å²) >= 11 is 0. The molecule has 0 saturated heterocycles. The first-order valence-electron chi connectivity index (χ1n) is 10.0. The Hall–Kier alpha value is -4.26. The Bertz CT molecular complexity index is 1350. The number of methoxy groups -OCH3 is 1. The number of nitrogens with zero attached hydrogens (tertiary/aromatic N) is 3. The van der Waals surface area contributed by atoms with Crippen LogP contribution in [-0.2, 0) is 9.53 Å². The second-order valence-corrected chi connectivity index (χ2v) is 7.04. The first-order valence-corrected chi connectivity index (χ1v) is 10.0. The zero-order valence-corrected chi connectivity index (χ0v) is 17.6. The summed E-state index contributed by atoms with van der Waals surface area (Å²) in [5.74, 6) is 0.460. The predicted molar refractivity (Wildman–Crippen MR) is 123 cm³/mol. The Morgan fingerprint density at radius 3 is 2.56 bits per heavy atom. The fraction of sp³-hybridized carbons (Fsp3) is 0.120. The molecule has 0 saturated carbocycles. The van der Waals surface area contributed by atoms with Crippen LogP contribution in [0.3, 0.4) is 0 Å². The van der Waals surface area contributed by atoms with Crippen LogP contribution in [0, 0.1) is 0 Å². The van der Waals surface area contributed by atoms with Crippen LogP contribution in [-0.4, -0.2) is 35.1 Å². The molecule has 0 aliphatic carbocycles. The van der Waals surface area contributed by atoms with E-state index in [1.165, 1.54) is 11.8 Å². The van der Waals surface area contributed by atoms with Crippen LogP contribution < -0.4 is 10.3 Å². The fourth-order valence-corrected chi connectivity index (χ4v) is 3.22. The molecule has 7 nitrogen and oxygen atoms in total. The van der Waals surface area contributed by atoms with Gasteiger partial charge in [0, 0.05) is 5.56 Å². The van der Waals surface area contributed by atoms with Gasteiger partial charge in [0.15, 0.2) is 11.9 Å². The predicted octanol–water partition coefficient (Wildman–Crippen LogP) is 3.89. The van der Waals surface area contributed by atoms with Gasteiger partial charge >= 0.3 is 5.97 Å². The Balaban J connectivity index is 1.74. The van der Waals surface area contributed by atoms with Gasteiger partial charge in [0.1, 0.15) is 5.75 Å². The van der Waals surface area contributed by atoms with Gasteiger partial charge in [0.25, 0.3) is 5.56 Å². The van der Waals surface area contributed by atoms with E-state index in [0.29, 0.717) is 28.0 Å². The SMILES string of the molecule is COC(=O)[C@H](C)Oc1cccc(C=Nn2c(-c3ccccc3)nc3ccccc3c2=O)c1. The molecule has 1 aromatic heterocycles. The molecule has 160 valence electrons. The number of ether oxygens (including phenoxy) is 2. The number of rotatable bonds is 6. The van der Waals surface area contributed by atoms with Crippen molar-refractivity contribution in [2.45, 2.75) is 13.0 Å². The zero-order valence-electron chi connectivity index (χ0n) is 17.6. The third-order valence-electron chi connectivity index (χ3n) is 4.81. The van der Waals surface area contributed by atoms with Crippen molar-refractivity contribution in [1.82, 2.24) is 9.66 Å². The number of carbonyl (C=O) groups excluding carboxylic acids is 1. The van der Waals surface area contributed by atoms with Crippen molar-refractivity contribution in [3.63, 3.8) is 0 Å². The summed E-state index contributed by atoms with van der Waals surface area (Å²) in [6, 6.07) is 23.7. The Morgan fingerprint density at radius 2 is 1.78 bits per heavy atom. The number of esters is 1. The monoisotopic (exact) mass is 427 g/mol. The van der Waals surface area contributed by atoms with Crippen LogP contribution >= 0.6 is 0 Å². The molecule has 0 spiro atoms. The molecule has 0 aliphatic rings. The average molecular weight is 427 g/mol. The summed E-state index contributed by atoms with van der Waals surface area (Å²) in [5.41, 5.74) is 1.81. The van der Waals surface area contributed by atoms with E-state index in [4.69, 9.17) is 4.74 Å². The van der Waals surface area contributed by atoms with Crippen molar-refractivity contribution in [2.75, 3.05) is 7.11 Å². The smallest absolute Gasteiger partial charge is 0.346 e. The first-order chi connectivity index (χ1) is 15.6. The van der Waals surface area contributed by atoms with Gasteiger partial charge in [-0.15, -0.1) is 0 Å². The maximum atomic E-state index is 13.2. The molecule has 0 aliphatic heterocycles. The third-order valence-corrected chi connectivity index (χ3v) is 4.81. The third kappa shape index (κ3) is 4.41. The molecular weight excluding hydrogens is 406 g/mol. The standard InChI is InChI=1S/C25H21N3O4/c1-17(25(30)31-2)32-20-12-8-9-18(15-20)16-26-28-23(19-10-4-3-5-11-19)27-22-14-7-6-13-21(22)24(28)29/h3-17H,1-2H3/t17-/m0/s1. The lowest BCUT2D eigenvalue weighted by molar-refractivity contribution is -0.147. The van der Waals surface area contributed by atoms with Crippen molar-refractivity contribution in [3.05, 3.63) is 94.8 Å². The van der Waals surface area contributed by atoms with Crippen LogP contribution in [0.15, 0.2) is 88.8 Å². The fourth-order valence-electron chi connectivity index (χ4n) is 3.22. The number of hydrogen-bond acceptors (Lipinski definition) is 6. The molecule has 0 radical (unpaired) electrons. The number of aromatic nitrogens is 2. The van der Waals surface area contributed by atoms with Crippen LogP contribution in [0.5, 0.6) is 5.75 Å². The molecule has 4 rings (SSSR count). The molecule has 0 N–H and O–H groups in total. The van der Waals surface area contributed by atoms with Crippen molar-refractivity contribution in [2.24, 2.45) is 5.10 Å². The second kappa shape index (κ2) is 9.26. The number of fused-ring (bicyclic) bond motifs is 1. The van der Waals surface area contributed by atoms with Crippen molar-refractivity contribution >= 4 is 23.1 Å². The van der Waals surface area contributed by atoms with Gasteiger partial charge in [-0.25, -0.2) is 9.78 Å². The lowest BCUT2D eigenvalue weighted by Crippen LogP contribution is -2.24. The lowest BCUT2D eigenvalue weighted by Gasteiger charge is -2.12. The van der Waals surface area contributed by atoms with Crippen molar-refractivity contribution in [3.8, 4) is 17.1 Å². The van der Waals surface area contributed by atoms with Crippen LogP contribution in [0.25, 0.3) is 22.3 Å². The highest BCUT2D eigenvalue weighted by atomic mass is 16.6. The summed E-state index contributed by atoms with van der Waals surface area (Å²) in [6.45, 7) is 1.61. The van der Waals surface area contributed by atoms with Gasteiger partial charge in [0.05, 0.1) is 24.2 Å². The van der Waals surface area contributed by atoms with Gasteiger partial charge in [-0.3, -0.25) is 4.79 Å². The van der Waals surface area contributed by atoms with Gasteiger partial charge in [-0.2, -0.15) is 9.78 Å². The molecule has 32 heavy (non-hydrogen) atoms. The quantitative estimate of drug-likeness (QED) is 0.344. The maximum absolute atomic E-state index is 13.2. The minimum atomic E-state index is -0.746. The van der Waals surface area contributed by atoms with Crippen LogP contribution in [0.2, 0.25) is 0 Å². The molecule has 3 aromatic carbocycles. The van der Waals surface area contributed by atoms with Gasteiger partial charge < -0.3 is 9.47 Å². The number of para-hydroxylation sites is 1. The van der Waals surface area contributed by atoms with E-state index < -0.39 is 12.1 Å². The summed E-state index contributed by atoms with van der Waals surface area (Å²) < 4.78 is 11.6. The summed E-state index contributed by atoms with van der Waals surface area (Å²) in [5, 5.41) is 4.92. The topological polar surface area (TPSA) is 82.8 Å². The summed E-state index contributed by atoms with van der Waals surface area (Å²) in [7, 11) is 1.31. The van der Waals surface area contributed by atoms with Crippen molar-refractivity contribution < 1.29 is 14.3 Å². The van der Waals surface area contributed by atoms with E-state index >= 15 is 0 Å². The molecule has 4 aromatic rings. The van der Waals surface area contributed by atoms with E-state index in [9.17, 15) is 9.59 Å². The molecule has 0 unspecified atom stereocenters. The Morgan fingerprint density at radius 1 is 1.03 bits per heavy atom. The molecular formula is C25H21N3O4. The molecule has 7 heteroatoms. The molecule has 1 atom stereocenters.